The summed E-state index contributed by atoms with van der Waals surface area (Å²) in [4.78, 5) is 11.4. The SMILES string of the molecule is Cc1c(C(=O)O)cc(-c2cc(C(F)(F)F)ccc2F)n1C[C@@H]1CCCO1. The van der Waals surface area contributed by atoms with Crippen LogP contribution in [0.3, 0.4) is 0 Å². The van der Waals surface area contributed by atoms with Crippen molar-refractivity contribution in [2.75, 3.05) is 6.61 Å². The van der Waals surface area contributed by atoms with E-state index >= 15 is 0 Å². The number of carboxylic acid groups (broad SMARTS) is 1. The van der Waals surface area contributed by atoms with Crippen LogP contribution in [0.15, 0.2) is 24.3 Å². The van der Waals surface area contributed by atoms with Crippen LogP contribution in [0, 0.1) is 12.7 Å². The summed E-state index contributed by atoms with van der Waals surface area (Å²) in [5, 5.41) is 9.35. The Labute approximate surface area is 147 Å². The molecule has 1 aromatic heterocycles. The van der Waals surface area contributed by atoms with Crippen LogP contribution < -0.4 is 0 Å². The second-order valence-electron chi connectivity index (χ2n) is 6.27. The van der Waals surface area contributed by atoms with Gasteiger partial charge in [-0.3, -0.25) is 0 Å². The predicted octanol–water partition coefficient (Wildman–Crippen LogP) is 4.50. The standard InChI is InChI=1S/C18H17F4NO3/c1-10-13(17(24)25)8-16(23(10)9-12-3-2-6-26-12)14-7-11(18(20,21)22)4-5-15(14)19/h4-5,7-8,12H,2-3,6,9H2,1H3,(H,24,25)/t12-/m0/s1. The minimum absolute atomic E-state index is 0.0743. The average molecular weight is 371 g/mol. The molecule has 140 valence electrons. The van der Waals surface area contributed by atoms with Gasteiger partial charge in [0, 0.05) is 24.4 Å². The molecule has 2 heterocycles. The van der Waals surface area contributed by atoms with E-state index in [4.69, 9.17) is 4.74 Å². The quantitative estimate of drug-likeness (QED) is 0.806. The van der Waals surface area contributed by atoms with Crippen molar-refractivity contribution in [1.82, 2.24) is 4.57 Å². The molecule has 0 spiro atoms. The molecule has 0 bridgehead atoms. The zero-order valence-electron chi connectivity index (χ0n) is 13.9. The van der Waals surface area contributed by atoms with Crippen LogP contribution in [-0.4, -0.2) is 28.4 Å². The van der Waals surface area contributed by atoms with Crippen molar-refractivity contribution >= 4 is 5.97 Å². The number of aromatic nitrogens is 1. The number of carbonyl (C=O) groups is 1. The third-order valence-electron chi connectivity index (χ3n) is 4.58. The van der Waals surface area contributed by atoms with E-state index in [1.54, 1.807) is 6.92 Å². The number of benzene rings is 1. The topological polar surface area (TPSA) is 51.5 Å². The highest BCUT2D eigenvalue weighted by Gasteiger charge is 2.32. The lowest BCUT2D eigenvalue weighted by Gasteiger charge is -2.17. The molecule has 0 saturated carbocycles. The maximum Gasteiger partial charge on any atom is 0.416 e. The zero-order chi connectivity index (χ0) is 19.1. The van der Waals surface area contributed by atoms with Gasteiger partial charge in [-0.2, -0.15) is 13.2 Å². The average Bonchev–Trinajstić information content (AvgIpc) is 3.16. The van der Waals surface area contributed by atoms with Gasteiger partial charge in [-0.15, -0.1) is 0 Å². The number of halogens is 4. The van der Waals surface area contributed by atoms with Crippen molar-refractivity contribution in [2.24, 2.45) is 0 Å². The summed E-state index contributed by atoms with van der Waals surface area (Å²) in [6.45, 7) is 2.38. The van der Waals surface area contributed by atoms with E-state index < -0.39 is 23.5 Å². The van der Waals surface area contributed by atoms with Gasteiger partial charge in [0.2, 0.25) is 0 Å². The molecule has 1 atom stereocenters. The van der Waals surface area contributed by atoms with E-state index in [2.05, 4.69) is 0 Å². The van der Waals surface area contributed by atoms with Gasteiger partial charge in [0.25, 0.3) is 0 Å². The normalized spacial score (nSPS) is 17.7. The van der Waals surface area contributed by atoms with Crippen LogP contribution in [0.5, 0.6) is 0 Å². The second kappa shape index (κ2) is 6.75. The summed E-state index contributed by atoms with van der Waals surface area (Å²) in [5.74, 6) is -2.07. The van der Waals surface area contributed by atoms with Crippen molar-refractivity contribution < 1.29 is 32.2 Å². The lowest BCUT2D eigenvalue weighted by molar-refractivity contribution is -0.137. The van der Waals surface area contributed by atoms with Crippen molar-refractivity contribution in [3.63, 3.8) is 0 Å². The summed E-state index contributed by atoms with van der Waals surface area (Å²) in [5.41, 5.74) is -0.907. The number of nitrogens with zero attached hydrogens (tertiary/aromatic N) is 1. The molecule has 0 amide bonds. The Balaban J connectivity index is 2.14. The maximum atomic E-state index is 14.3. The van der Waals surface area contributed by atoms with E-state index in [1.165, 1.54) is 10.6 Å². The first kappa shape index (κ1) is 18.4. The van der Waals surface area contributed by atoms with Crippen molar-refractivity contribution in [3.05, 3.63) is 46.9 Å². The highest BCUT2D eigenvalue weighted by molar-refractivity contribution is 5.91. The van der Waals surface area contributed by atoms with Gasteiger partial charge < -0.3 is 14.4 Å². The Kier molecular flexibility index (Phi) is 4.79. The molecule has 1 N–H and O–H groups in total. The maximum absolute atomic E-state index is 14.3. The monoisotopic (exact) mass is 371 g/mol. The number of hydrogen-bond donors (Lipinski definition) is 1. The summed E-state index contributed by atoms with van der Waals surface area (Å²) >= 11 is 0. The summed E-state index contributed by atoms with van der Waals surface area (Å²) in [7, 11) is 0. The van der Waals surface area contributed by atoms with Crippen LogP contribution in [0.25, 0.3) is 11.3 Å². The van der Waals surface area contributed by atoms with Gasteiger partial charge in [-0.25, -0.2) is 9.18 Å². The molecular weight excluding hydrogens is 354 g/mol. The minimum atomic E-state index is -4.63. The molecule has 2 aromatic rings. The highest BCUT2D eigenvalue weighted by Crippen LogP contribution is 2.35. The highest BCUT2D eigenvalue weighted by atomic mass is 19.4. The summed E-state index contributed by atoms with van der Waals surface area (Å²) in [6.07, 6.45) is -3.21. The first-order valence-corrected chi connectivity index (χ1v) is 8.10. The number of rotatable bonds is 4. The molecule has 1 fully saturated rings. The number of hydrogen-bond acceptors (Lipinski definition) is 2. The molecule has 1 aromatic carbocycles. The zero-order valence-corrected chi connectivity index (χ0v) is 13.9. The van der Waals surface area contributed by atoms with Crippen molar-refractivity contribution in [3.8, 4) is 11.3 Å². The van der Waals surface area contributed by atoms with E-state index in [0.717, 1.165) is 18.9 Å². The van der Waals surface area contributed by atoms with E-state index in [9.17, 15) is 27.5 Å². The molecule has 0 radical (unpaired) electrons. The molecule has 1 aliphatic rings. The van der Waals surface area contributed by atoms with Crippen molar-refractivity contribution in [2.45, 2.75) is 38.6 Å². The Hall–Kier alpha value is -2.35. The molecular formula is C18H17F4NO3. The Bertz CT molecular complexity index is 836. The van der Waals surface area contributed by atoms with Crippen LogP contribution in [0.4, 0.5) is 17.6 Å². The minimum Gasteiger partial charge on any atom is -0.478 e. The fourth-order valence-corrected chi connectivity index (χ4v) is 3.21. The fraction of sp³-hybridized carbons (Fsp3) is 0.389. The van der Waals surface area contributed by atoms with Crippen LogP contribution in [-0.2, 0) is 17.5 Å². The van der Waals surface area contributed by atoms with Crippen LogP contribution in [0.2, 0.25) is 0 Å². The van der Waals surface area contributed by atoms with E-state index in [0.29, 0.717) is 24.4 Å². The number of ether oxygens (including phenoxy) is 1. The molecule has 8 heteroatoms. The Morgan fingerprint density at radius 3 is 2.65 bits per heavy atom. The summed E-state index contributed by atoms with van der Waals surface area (Å²) in [6, 6.07) is 3.33. The Morgan fingerprint density at radius 2 is 2.08 bits per heavy atom. The lowest BCUT2D eigenvalue weighted by atomic mass is 10.1. The van der Waals surface area contributed by atoms with Crippen molar-refractivity contribution in [1.29, 1.82) is 0 Å². The van der Waals surface area contributed by atoms with Gasteiger partial charge in [0.1, 0.15) is 5.82 Å². The van der Waals surface area contributed by atoms with E-state index in [-0.39, 0.29) is 29.5 Å². The lowest BCUT2D eigenvalue weighted by Crippen LogP contribution is -2.17. The Morgan fingerprint density at radius 1 is 1.35 bits per heavy atom. The predicted molar refractivity (Wildman–Crippen MR) is 85.5 cm³/mol. The molecule has 0 aliphatic carbocycles. The van der Waals surface area contributed by atoms with Gasteiger partial charge >= 0.3 is 12.1 Å². The third-order valence-corrected chi connectivity index (χ3v) is 4.58. The summed E-state index contributed by atoms with van der Waals surface area (Å²) < 4.78 is 60.4. The van der Waals surface area contributed by atoms with Gasteiger partial charge in [0.05, 0.1) is 22.9 Å². The first-order chi connectivity index (χ1) is 12.2. The smallest absolute Gasteiger partial charge is 0.416 e. The van der Waals surface area contributed by atoms with Gasteiger partial charge in [0.15, 0.2) is 0 Å². The third kappa shape index (κ3) is 3.46. The number of carboxylic acids is 1. The molecule has 3 rings (SSSR count). The fourth-order valence-electron chi connectivity index (χ4n) is 3.21. The van der Waals surface area contributed by atoms with E-state index in [1.807, 2.05) is 0 Å². The number of aromatic carboxylic acids is 1. The van der Waals surface area contributed by atoms with Crippen LogP contribution >= 0.6 is 0 Å². The number of alkyl halides is 3. The molecule has 26 heavy (non-hydrogen) atoms. The molecule has 0 unspecified atom stereocenters. The van der Waals surface area contributed by atoms with Gasteiger partial charge in [-0.1, -0.05) is 0 Å². The second-order valence-corrected chi connectivity index (χ2v) is 6.27. The molecule has 1 aliphatic heterocycles. The van der Waals surface area contributed by atoms with Gasteiger partial charge in [-0.05, 0) is 44.0 Å². The first-order valence-electron chi connectivity index (χ1n) is 8.10. The largest absolute Gasteiger partial charge is 0.478 e. The molecule has 4 nitrogen and oxygen atoms in total. The van der Waals surface area contributed by atoms with Crippen LogP contribution in [0.1, 0.15) is 34.5 Å². The molecule has 1 saturated heterocycles.